The molecular formula is C18H26F3N3O3S. The summed E-state index contributed by atoms with van der Waals surface area (Å²) in [6.45, 7) is 6.89. The number of rotatable bonds is 6. The lowest BCUT2D eigenvalue weighted by atomic mass is 9.93. The number of likely N-dealkylation sites (tertiary alicyclic amines) is 1. The van der Waals surface area contributed by atoms with Crippen LogP contribution in [-0.4, -0.2) is 64.1 Å². The molecule has 1 aliphatic rings. The summed E-state index contributed by atoms with van der Waals surface area (Å²) >= 11 is 0.682. The van der Waals surface area contributed by atoms with Crippen LogP contribution in [0.5, 0.6) is 0 Å². The van der Waals surface area contributed by atoms with Gasteiger partial charge in [0.25, 0.3) is 0 Å². The Labute approximate surface area is 166 Å². The number of aromatic nitrogens is 1. The summed E-state index contributed by atoms with van der Waals surface area (Å²) in [5.41, 5.74) is -2.96. The van der Waals surface area contributed by atoms with Gasteiger partial charge in [-0.15, -0.1) is 11.3 Å². The maximum absolute atomic E-state index is 13.6. The van der Waals surface area contributed by atoms with Crippen molar-refractivity contribution in [3.63, 3.8) is 0 Å². The van der Waals surface area contributed by atoms with Crippen LogP contribution in [-0.2, 0) is 15.2 Å². The van der Waals surface area contributed by atoms with Gasteiger partial charge in [-0.05, 0) is 33.6 Å². The molecular weight excluding hydrogens is 395 g/mol. The molecule has 2 heterocycles. The van der Waals surface area contributed by atoms with E-state index in [9.17, 15) is 27.9 Å². The third kappa shape index (κ3) is 4.65. The predicted molar refractivity (Wildman–Crippen MR) is 98.7 cm³/mol. The summed E-state index contributed by atoms with van der Waals surface area (Å²) in [5, 5.41) is 11.2. The highest BCUT2D eigenvalue weighted by Crippen LogP contribution is 2.43. The van der Waals surface area contributed by atoms with Crippen molar-refractivity contribution < 1.29 is 27.9 Å². The molecule has 0 radical (unpaired) electrons. The molecule has 1 aromatic rings. The molecule has 1 aromatic heterocycles. The second-order valence-corrected chi connectivity index (χ2v) is 7.85. The van der Waals surface area contributed by atoms with E-state index in [-0.39, 0.29) is 24.9 Å². The fourth-order valence-corrected chi connectivity index (χ4v) is 4.26. The normalized spacial score (nSPS) is 18.0. The number of halogens is 3. The molecule has 0 aromatic carbocycles. The first-order valence-corrected chi connectivity index (χ1v) is 10.2. The highest BCUT2D eigenvalue weighted by atomic mass is 32.1. The zero-order chi connectivity index (χ0) is 21.1. The van der Waals surface area contributed by atoms with Crippen LogP contribution in [0.15, 0.2) is 5.38 Å². The number of aliphatic hydroxyl groups is 1. The maximum atomic E-state index is 13.6. The molecule has 1 aliphatic heterocycles. The zero-order valence-corrected chi connectivity index (χ0v) is 17.1. The molecule has 1 N–H and O–H groups in total. The minimum atomic E-state index is -5.02. The van der Waals surface area contributed by atoms with Crippen molar-refractivity contribution in [2.75, 3.05) is 26.2 Å². The Hall–Kier alpha value is -1.68. The number of piperidine rings is 1. The first kappa shape index (κ1) is 22.6. The third-order valence-electron chi connectivity index (χ3n) is 5.12. The summed E-state index contributed by atoms with van der Waals surface area (Å²) in [7, 11) is 0. The van der Waals surface area contributed by atoms with Crippen molar-refractivity contribution in [3.8, 4) is 0 Å². The Bertz CT molecular complexity index is 698. The number of amides is 2. The number of thiazole rings is 1. The minimum Gasteiger partial charge on any atom is -0.374 e. The Balaban J connectivity index is 2.05. The van der Waals surface area contributed by atoms with Gasteiger partial charge in [-0.2, -0.15) is 13.2 Å². The van der Waals surface area contributed by atoms with Gasteiger partial charge in [0.2, 0.25) is 17.4 Å². The van der Waals surface area contributed by atoms with Gasteiger partial charge in [-0.1, -0.05) is 0 Å². The van der Waals surface area contributed by atoms with Gasteiger partial charge >= 0.3 is 6.18 Å². The van der Waals surface area contributed by atoms with Gasteiger partial charge in [-0.3, -0.25) is 9.59 Å². The summed E-state index contributed by atoms with van der Waals surface area (Å²) in [6, 6.07) is 0. The number of carbonyl (C=O) groups excluding carboxylic acids is 2. The Kier molecular flexibility index (Phi) is 7.08. The Morgan fingerprint density at radius 3 is 2.29 bits per heavy atom. The standard InChI is InChI=1S/C18H26F3N3O3S/c1-4-23(5-2)15(26)13-6-8-24(9-7-13)14(25)10-17(27,18(19,20)21)16-22-12(3)11-28-16/h11,13,27H,4-10H2,1-3H3. The number of hydrogen-bond donors (Lipinski definition) is 1. The molecule has 6 nitrogen and oxygen atoms in total. The van der Waals surface area contributed by atoms with E-state index in [1.165, 1.54) is 17.2 Å². The molecule has 1 unspecified atom stereocenters. The quantitative estimate of drug-likeness (QED) is 0.767. The van der Waals surface area contributed by atoms with Crippen LogP contribution in [0.1, 0.15) is 43.8 Å². The van der Waals surface area contributed by atoms with Crippen LogP contribution in [0, 0.1) is 12.8 Å². The number of alkyl halides is 3. The number of carbonyl (C=O) groups is 2. The van der Waals surface area contributed by atoms with Crippen LogP contribution in [0.2, 0.25) is 0 Å². The van der Waals surface area contributed by atoms with Gasteiger partial charge in [0.05, 0.1) is 6.42 Å². The highest BCUT2D eigenvalue weighted by Gasteiger charge is 2.58. The average Bonchev–Trinajstić information content (AvgIpc) is 3.08. The fourth-order valence-electron chi connectivity index (χ4n) is 3.34. The molecule has 158 valence electrons. The van der Waals surface area contributed by atoms with E-state index >= 15 is 0 Å². The fraction of sp³-hybridized carbons (Fsp3) is 0.722. The minimum absolute atomic E-state index is 0.0159. The molecule has 28 heavy (non-hydrogen) atoms. The van der Waals surface area contributed by atoms with Crippen molar-refractivity contribution in [3.05, 3.63) is 16.1 Å². The van der Waals surface area contributed by atoms with Crippen molar-refractivity contribution in [1.82, 2.24) is 14.8 Å². The molecule has 10 heteroatoms. The van der Waals surface area contributed by atoms with Gasteiger partial charge < -0.3 is 14.9 Å². The smallest absolute Gasteiger partial charge is 0.374 e. The molecule has 0 aliphatic carbocycles. The second kappa shape index (κ2) is 8.77. The van der Waals surface area contributed by atoms with Crippen molar-refractivity contribution >= 4 is 23.2 Å². The lowest BCUT2D eigenvalue weighted by Gasteiger charge is -2.36. The maximum Gasteiger partial charge on any atom is 0.424 e. The van der Waals surface area contributed by atoms with Gasteiger partial charge in [0.15, 0.2) is 0 Å². The van der Waals surface area contributed by atoms with E-state index in [2.05, 4.69) is 4.98 Å². The first-order valence-electron chi connectivity index (χ1n) is 9.31. The van der Waals surface area contributed by atoms with E-state index in [1.807, 2.05) is 13.8 Å². The van der Waals surface area contributed by atoms with Crippen molar-refractivity contribution in [2.24, 2.45) is 5.92 Å². The molecule has 2 rings (SSSR count). The topological polar surface area (TPSA) is 73.7 Å². The van der Waals surface area contributed by atoms with Crippen molar-refractivity contribution in [2.45, 2.75) is 51.8 Å². The summed E-state index contributed by atoms with van der Waals surface area (Å²) in [5.74, 6) is -1.00. The largest absolute Gasteiger partial charge is 0.424 e. The van der Waals surface area contributed by atoms with Gasteiger partial charge in [-0.25, -0.2) is 4.98 Å². The van der Waals surface area contributed by atoms with Crippen LogP contribution in [0.25, 0.3) is 0 Å². The van der Waals surface area contributed by atoms with Gasteiger partial charge in [0, 0.05) is 43.2 Å². The second-order valence-electron chi connectivity index (χ2n) is 6.99. The number of nitrogens with zero attached hydrogens (tertiary/aromatic N) is 3. The lowest BCUT2D eigenvalue weighted by Crippen LogP contribution is -2.49. The van der Waals surface area contributed by atoms with Crippen LogP contribution in [0.3, 0.4) is 0 Å². The van der Waals surface area contributed by atoms with Crippen LogP contribution >= 0.6 is 11.3 Å². The van der Waals surface area contributed by atoms with E-state index in [0.717, 1.165) is 0 Å². The average molecular weight is 421 g/mol. The van der Waals surface area contributed by atoms with E-state index in [4.69, 9.17) is 0 Å². The summed E-state index contributed by atoms with van der Waals surface area (Å²) in [6.07, 6.45) is -5.33. The summed E-state index contributed by atoms with van der Waals surface area (Å²) in [4.78, 5) is 31.7. The molecule has 0 spiro atoms. The Morgan fingerprint density at radius 2 is 1.86 bits per heavy atom. The number of aryl methyl sites for hydroxylation is 1. The van der Waals surface area contributed by atoms with Crippen LogP contribution < -0.4 is 0 Å². The SMILES string of the molecule is CCN(CC)C(=O)C1CCN(C(=O)CC(O)(c2nc(C)cs2)C(F)(F)F)CC1. The third-order valence-corrected chi connectivity index (χ3v) is 6.23. The molecule has 1 atom stereocenters. The molecule has 0 bridgehead atoms. The number of hydrogen-bond acceptors (Lipinski definition) is 5. The lowest BCUT2D eigenvalue weighted by molar-refractivity contribution is -0.268. The van der Waals surface area contributed by atoms with E-state index in [0.29, 0.717) is 43.0 Å². The van der Waals surface area contributed by atoms with Crippen molar-refractivity contribution in [1.29, 1.82) is 0 Å². The molecule has 1 saturated heterocycles. The van der Waals surface area contributed by atoms with E-state index in [1.54, 1.807) is 4.90 Å². The Morgan fingerprint density at radius 1 is 1.29 bits per heavy atom. The molecule has 1 fully saturated rings. The molecule has 0 saturated carbocycles. The highest BCUT2D eigenvalue weighted by molar-refractivity contribution is 7.09. The molecule has 2 amide bonds. The summed E-state index contributed by atoms with van der Waals surface area (Å²) < 4.78 is 40.7. The van der Waals surface area contributed by atoms with Gasteiger partial charge in [0.1, 0.15) is 5.01 Å². The first-order chi connectivity index (χ1) is 13.0. The predicted octanol–water partition coefficient (Wildman–Crippen LogP) is 2.70. The monoisotopic (exact) mass is 421 g/mol. The zero-order valence-electron chi connectivity index (χ0n) is 16.3. The van der Waals surface area contributed by atoms with E-state index < -0.39 is 29.1 Å². The van der Waals surface area contributed by atoms with Crippen LogP contribution in [0.4, 0.5) is 13.2 Å².